The number of aromatic nitrogens is 1. The van der Waals surface area contributed by atoms with Crippen LogP contribution in [0, 0.1) is 0 Å². The number of aromatic amines is 1. The van der Waals surface area contributed by atoms with Crippen molar-refractivity contribution in [2.75, 3.05) is 0 Å². The second-order valence-electron chi connectivity index (χ2n) is 3.74. The summed E-state index contributed by atoms with van der Waals surface area (Å²) < 4.78 is 0. The van der Waals surface area contributed by atoms with Crippen LogP contribution in [0.25, 0.3) is 10.9 Å². The normalized spacial score (nSPS) is 9.56. The highest BCUT2D eigenvalue weighted by Gasteiger charge is 1.96. The third kappa shape index (κ3) is 2.98. The van der Waals surface area contributed by atoms with Gasteiger partial charge in [-0.3, -0.25) is 0 Å². The van der Waals surface area contributed by atoms with E-state index in [0.29, 0.717) is 5.56 Å². The van der Waals surface area contributed by atoms with Gasteiger partial charge in [-0.2, -0.15) is 0 Å². The summed E-state index contributed by atoms with van der Waals surface area (Å²) in [4.78, 5) is 13.3. The molecular weight excluding hydrogens is 226 g/mol. The predicted molar refractivity (Wildman–Crippen MR) is 71.7 cm³/mol. The van der Waals surface area contributed by atoms with Gasteiger partial charge >= 0.3 is 5.97 Å². The third-order valence-electron chi connectivity index (χ3n) is 2.48. The molecule has 3 heteroatoms. The standard InChI is InChI=1S/C8H7N.C7H6O2/c1-2-4-8-7(3-1)5-6-9-8;8-7(9)6-4-2-1-3-5-6/h1-6,9H;1-5H,(H,8,9). The van der Waals surface area contributed by atoms with Crippen molar-refractivity contribution >= 4 is 16.9 Å². The summed E-state index contributed by atoms with van der Waals surface area (Å²) in [5.41, 5.74) is 1.54. The number of H-pyrrole nitrogens is 1. The minimum Gasteiger partial charge on any atom is -0.478 e. The maximum atomic E-state index is 10.2. The zero-order valence-electron chi connectivity index (χ0n) is 9.71. The van der Waals surface area contributed by atoms with Crippen LogP contribution in [0.5, 0.6) is 0 Å². The Morgan fingerprint density at radius 2 is 1.56 bits per heavy atom. The number of para-hydroxylation sites is 1. The van der Waals surface area contributed by atoms with Crippen LogP contribution in [0.3, 0.4) is 0 Å². The first-order valence-electron chi connectivity index (χ1n) is 5.58. The molecule has 0 saturated heterocycles. The Kier molecular flexibility index (Phi) is 3.76. The summed E-state index contributed by atoms with van der Waals surface area (Å²) in [7, 11) is 0. The molecule has 0 aliphatic carbocycles. The minimum absolute atomic E-state index is 0.331. The van der Waals surface area contributed by atoms with Gasteiger partial charge in [-0.05, 0) is 29.7 Å². The van der Waals surface area contributed by atoms with Crippen molar-refractivity contribution < 1.29 is 9.90 Å². The van der Waals surface area contributed by atoms with Crippen LogP contribution in [-0.2, 0) is 0 Å². The van der Waals surface area contributed by atoms with E-state index in [2.05, 4.69) is 23.2 Å². The average molecular weight is 239 g/mol. The molecule has 0 unspecified atom stereocenters. The zero-order valence-corrected chi connectivity index (χ0v) is 9.71. The molecule has 0 amide bonds. The molecule has 0 aliphatic heterocycles. The maximum absolute atomic E-state index is 10.2. The molecule has 2 aromatic carbocycles. The fourth-order valence-electron chi connectivity index (χ4n) is 1.58. The number of rotatable bonds is 1. The van der Waals surface area contributed by atoms with Crippen LogP contribution < -0.4 is 0 Å². The lowest BCUT2D eigenvalue weighted by molar-refractivity contribution is 0.0697. The van der Waals surface area contributed by atoms with Crippen LogP contribution in [0.1, 0.15) is 10.4 Å². The lowest BCUT2D eigenvalue weighted by atomic mass is 10.2. The molecular formula is C15H13NO2. The Hall–Kier alpha value is -2.55. The lowest BCUT2D eigenvalue weighted by Crippen LogP contribution is -1.93. The van der Waals surface area contributed by atoms with Crippen molar-refractivity contribution in [3.05, 3.63) is 72.4 Å². The molecule has 0 fully saturated rings. The van der Waals surface area contributed by atoms with Crippen molar-refractivity contribution in [3.8, 4) is 0 Å². The van der Waals surface area contributed by atoms with E-state index in [1.807, 2.05) is 18.3 Å². The van der Waals surface area contributed by atoms with E-state index in [0.717, 1.165) is 0 Å². The molecule has 3 nitrogen and oxygen atoms in total. The van der Waals surface area contributed by atoms with Gasteiger partial charge < -0.3 is 10.1 Å². The van der Waals surface area contributed by atoms with Gasteiger partial charge in [0, 0.05) is 11.7 Å². The largest absolute Gasteiger partial charge is 0.478 e. The van der Waals surface area contributed by atoms with E-state index >= 15 is 0 Å². The topological polar surface area (TPSA) is 53.1 Å². The van der Waals surface area contributed by atoms with Crippen molar-refractivity contribution in [2.45, 2.75) is 0 Å². The molecule has 18 heavy (non-hydrogen) atoms. The van der Waals surface area contributed by atoms with Gasteiger partial charge in [0.05, 0.1) is 5.56 Å². The summed E-state index contributed by atoms with van der Waals surface area (Å²) in [5, 5.41) is 9.66. The highest BCUT2D eigenvalue weighted by molar-refractivity contribution is 5.87. The Labute approximate surface area is 105 Å². The van der Waals surface area contributed by atoms with Crippen LogP contribution in [0.2, 0.25) is 0 Å². The van der Waals surface area contributed by atoms with Crippen LogP contribution in [0.4, 0.5) is 0 Å². The lowest BCUT2D eigenvalue weighted by Gasteiger charge is -1.88. The average Bonchev–Trinajstić information content (AvgIpc) is 2.89. The number of fused-ring (bicyclic) bond motifs is 1. The number of carboxylic acid groups (broad SMARTS) is 1. The quantitative estimate of drug-likeness (QED) is 0.682. The summed E-state index contributed by atoms with van der Waals surface area (Å²) in [6.07, 6.45) is 1.95. The third-order valence-corrected chi connectivity index (χ3v) is 2.48. The maximum Gasteiger partial charge on any atom is 0.335 e. The first kappa shape index (κ1) is 11.9. The predicted octanol–water partition coefficient (Wildman–Crippen LogP) is 3.55. The summed E-state index contributed by atoms with van der Waals surface area (Å²) >= 11 is 0. The molecule has 90 valence electrons. The zero-order chi connectivity index (χ0) is 12.8. The smallest absolute Gasteiger partial charge is 0.335 e. The first-order chi connectivity index (χ1) is 8.77. The van der Waals surface area contributed by atoms with Crippen molar-refractivity contribution in [1.82, 2.24) is 4.98 Å². The van der Waals surface area contributed by atoms with Crippen molar-refractivity contribution in [3.63, 3.8) is 0 Å². The fraction of sp³-hybridized carbons (Fsp3) is 0. The number of aromatic carboxylic acids is 1. The van der Waals surface area contributed by atoms with E-state index in [1.165, 1.54) is 10.9 Å². The van der Waals surface area contributed by atoms with Crippen molar-refractivity contribution in [1.29, 1.82) is 0 Å². The van der Waals surface area contributed by atoms with Gasteiger partial charge in [-0.15, -0.1) is 0 Å². The van der Waals surface area contributed by atoms with E-state index in [4.69, 9.17) is 5.11 Å². The number of nitrogens with one attached hydrogen (secondary N) is 1. The molecule has 0 atom stereocenters. The summed E-state index contributed by atoms with van der Waals surface area (Å²) in [6.45, 7) is 0. The van der Waals surface area contributed by atoms with E-state index < -0.39 is 5.97 Å². The molecule has 0 radical (unpaired) electrons. The Bertz CT molecular complexity index is 599. The molecule has 0 spiro atoms. The SMILES string of the molecule is O=C(O)c1ccccc1.c1ccc2[nH]ccc2c1. The van der Waals surface area contributed by atoms with E-state index in [1.54, 1.807) is 30.3 Å². The second-order valence-corrected chi connectivity index (χ2v) is 3.74. The van der Waals surface area contributed by atoms with Gasteiger partial charge in [0.2, 0.25) is 0 Å². The van der Waals surface area contributed by atoms with Gasteiger partial charge in [0.1, 0.15) is 0 Å². The molecule has 2 N–H and O–H groups in total. The van der Waals surface area contributed by atoms with Gasteiger partial charge in [0.15, 0.2) is 0 Å². The number of hydrogen-bond donors (Lipinski definition) is 2. The number of carbonyl (C=O) groups is 1. The summed E-state index contributed by atoms with van der Waals surface area (Å²) in [6, 6.07) is 18.6. The van der Waals surface area contributed by atoms with Gasteiger partial charge in [0.25, 0.3) is 0 Å². The minimum atomic E-state index is -0.879. The second kappa shape index (κ2) is 5.68. The molecule has 3 rings (SSSR count). The molecule has 1 aromatic heterocycles. The number of hydrogen-bond acceptors (Lipinski definition) is 1. The molecule has 0 saturated carbocycles. The van der Waals surface area contributed by atoms with E-state index in [9.17, 15) is 4.79 Å². The Morgan fingerprint density at radius 1 is 0.889 bits per heavy atom. The Morgan fingerprint density at radius 3 is 2.17 bits per heavy atom. The van der Waals surface area contributed by atoms with Crippen LogP contribution >= 0.6 is 0 Å². The molecule has 1 heterocycles. The van der Waals surface area contributed by atoms with Crippen LogP contribution in [0.15, 0.2) is 66.9 Å². The van der Waals surface area contributed by atoms with Crippen molar-refractivity contribution in [2.24, 2.45) is 0 Å². The highest BCUT2D eigenvalue weighted by atomic mass is 16.4. The van der Waals surface area contributed by atoms with Gasteiger partial charge in [-0.1, -0.05) is 36.4 Å². The van der Waals surface area contributed by atoms with Crippen LogP contribution in [-0.4, -0.2) is 16.1 Å². The monoisotopic (exact) mass is 239 g/mol. The van der Waals surface area contributed by atoms with E-state index in [-0.39, 0.29) is 0 Å². The molecule has 0 aliphatic rings. The molecule has 0 bridgehead atoms. The molecule has 3 aromatic rings. The number of carboxylic acids is 1. The van der Waals surface area contributed by atoms with Gasteiger partial charge in [-0.25, -0.2) is 4.79 Å². The number of benzene rings is 2. The summed E-state index contributed by atoms with van der Waals surface area (Å²) in [5.74, 6) is -0.879. The Balaban J connectivity index is 0.000000134. The highest BCUT2D eigenvalue weighted by Crippen LogP contribution is 2.09. The fourth-order valence-corrected chi connectivity index (χ4v) is 1.58. The first-order valence-corrected chi connectivity index (χ1v) is 5.58.